The summed E-state index contributed by atoms with van der Waals surface area (Å²) in [5.41, 5.74) is 4.02. The summed E-state index contributed by atoms with van der Waals surface area (Å²) in [5.74, 6) is 1.59. The van der Waals surface area contributed by atoms with E-state index >= 15 is 0 Å². The maximum absolute atomic E-state index is 12.6. The van der Waals surface area contributed by atoms with E-state index in [0.29, 0.717) is 5.92 Å². The third kappa shape index (κ3) is 3.16. The largest absolute Gasteiger partial charge is 0.334 e. The molecule has 1 fully saturated rings. The van der Waals surface area contributed by atoms with Gasteiger partial charge in [-0.1, -0.05) is 12.1 Å². The SMILES string of the molecule is Cn1cc(C2CC2C(=O)Nc2cccc(-c3cn4c(n3)CCCC4)c2)cn1. The first kappa shape index (κ1) is 16.3. The Kier molecular flexibility index (Phi) is 3.85. The average Bonchev–Trinajstić information content (AvgIpc) is 3.16. The fourth-order valence-corrected chi connectivity index (χ4v) is 4.03. The van der Waals surface area contributed by atoms with Crippen LogP contribution in [0.2, 0.25) is 0 Å². The molecule has 2 aliphatic rings. The van der Waals surface area contributed by atoms with Crippen LogP contribution in [0.5, 0.6) is 0 Å². The molecule has 6 heteroatoms. The molecule has 2 unspecified atom stereocenters. The van der Waals surface area contributed by atoms with Gasteiger partial charge >= 0.3 is 0 Å². The number of hydrogen-bond donors (Lipinski definition) is 1. The normalized spacial score (nSPS) is 20.9. The molecule has 1 aliphatic carbocycles. The number of aromatic nitrogens is 4. The highest BCUT2D eigenvalue weighted by Gasteiger charge is 2.44. The van der Waals surface area contributed by atoms with E-state index in [1.54, 1.807) is 4.68 Å². The van der Waals surface area contributed by atoms with Gasteiger partial charge in [-0.05, 0) is 42.9 Å². The molecular weight excluding hydrogens is 338 g/mol. The molecule has 3 heterocycles. The van der Waals surface area contributed by atoms with Crippen molar-refractivity contribution in [1.82, 2.24) is 19.3 Å². The van der Waals surface area contributed by atoms with Crippen molar-refractivity contribution in [2.24, 2.45) is 13.0 Å². The maximum Gasteiger partial charge on any atom is 0.228 e. The monoisotopic (exact) mass is 361 g/mol. The number of rotatable bonds is 4. The molecule has 1 aromatic carbocycles. The minimum absolute atomic E-state index is 0.0396. The number of imidazole rings is 1. The molecule has 0 radical (unpaired) electrons. The molecule has 3 aromatic rings. The number of aryl methyl sites for hydroxylation is 3. The summed E-state index contributed by atoms with van der Waals surface area (Å²) in [7, 11) is 1.90. The van der Waals surface area contributed by atoms with Crippen LogP contribution in [0.25, 0.3) is 11.3 Å². The van der Waals surface area contributed by atoms with Crippen molar-refractivity contribution in [3.63, 3.8) is 0 Å². The number of benzene rings is 1. The summed E-state index contributed by atoms with van der Waals surface area (Å²) in [5, 5.41) is 7.29. The van der Waals surface area contributed by atoms with Gasteiger partial charge in [0.2, 0.25) is 5.91 Å². The Morgan fingerprint density at radius 1 is 1.26 bits per heavy atom. The third-order valence-electron chi connectivity index (χ3n) is 5.61. The molecule has 27 heavy (non-hydrogen) atoms. The Bertz CT molecular complexity index is 978. The average molecular weight is 361 g/mol. The quantitative estimate of drug-likeness (QED) is 0.775. The molecule has 1 N–H and O–H groups in total. The molecule has 0 bridgehead atoms. The topological polar surface area (TPSA) is 64.7 Å². The lowest BCUT2D eigenvalue weighted by Crippen LogP contribution is -2.14. The van der Waals surface area contributed by atoms with E-state index in [1.165, 1.54) is 18.7 Å². The first-order valence-electron chi connectivity index (χ1n) is 9.63. The standard InChI is InChI=1S/C21H23N5O/c1-25-12-15(11-22-25)17-10-18(17)21(27)23-16-6-4-5-14(9-16)19-13-26-8-3-2-7-20(26)24-19/h4-6,9,11-13,17-18H,2-3,7-8,10H2,1H3,(H,23,27). The minimum atomic E-state index is 0.0396. The Morgan fingerprint density at radius 2 is 2.19 bits per heavy atom. The maximum atomic E-state index is 12.6. The number of fused-ring (bicyclic) bond motifs is 1. The Morgan fingerprint density at radius 3 is 3.00 bits per heavy atom. The molecule has 1 amide bonds. The van der Waals surface area contributed by atoms with Crippen molar-refractivity contribution in [3.8, 4) is 11.3 Å². The highest BCUT2D eigenvalue weighted by Crippen LogP contribution is 2.47. The predicted octanol–water partition coefficient (Wildman–Crippen LogP) is 3.36. The Labute approximate surface area is 158 Å². The van der Waals surface area contributed by atoms with Crippen molar-refractivity contribution in [3.05, 3.63) is 54.2 Å². The zero-order chi connectivity index (χ0) is 18.4. The van der Waals surface area contributed by atoms with Gasteiger partial charge in [-0.25, -0.2) is 4.98 Å². The van der Waals surface area contributed by atoms with Crippen LogP contribution in [0.15, 0.2) is 42.9 Å². The molecule has 5 rings (SSSR count). The van der Waals surface area contributed by atoms with Crippen molar-refractivity contribution in [2.45, 2.75) is 38.1 Å². The molecule has 0 spiro atoms. The fourth-order valence-electron chi connectivity index (χ4n) is 4.03. The van der Waals surface area contributed by atoms with Crippen LogP contribution < -0.4 is 5.32 Å². The van der Waals surface area contributed by atoms with Crippen LogP contribution in [0, 0.1) is 5.92 Å². The van der Waals surface area contributed by atoms with E-state index in [2.05, 4.69) is 27.2 Å². The summed E-state index contributed by atoms with van der Waals surface area (Å²) in [4.78, 5) is 17.4. The second-order valence-electron chi connectivity index (χ2n) is 7.66. The van der Waals surface area contributed by atoms with Gasteiger partial charge in [0.1, 0.15) is 5.82 Å². The van der Waals surface area contributed by atoms with E-state index in [-0.39, 0.29) is 11.8 Å². The summed E-state index contributed by atoms with van der Waals surface area (Å²) >= 11 is 0. The van der Waals surface area contributed by atoms with Gasteiger partial charge in [0.15, 0.2) is 0 Å². The van der Waals surface area contributed by atoms with Gasteiger partial charge in [-0.3, -0.25) is 9.48 Å². The second kappa shape index (κ2) is 6.37. The number of carbonyl (C=O) groups excluding carboxylic acids is 1. The predicted molar refractivity (Wildman–Crippen MR) is 103 cm³/mol. The molecule has 138 valence electrons. The van der Waals surface area contributed by atoms with Crippen molar-refractivity contribution in [1.29, 1.82) is 0 Å². The smallest absolute Gasteiger partial charge is 0.228 e. The lowest BCUT2D eigenvalue weighted by molar-refractivity contribution is -0.117. The molecule has 1 aliphatic heterocycles. The molecule has 0 saturated heterocycles. The first-order chi connectivity index (χ1) is 13.2. The number of nitrogens with one attached hydrogen (secondary N) is 1. The molecule has 2 atom stereocenters. The van der Waals surface area contributed by atoms with Crippen LogP contribution in [-0.4, -0.2) is 25.2 Å². The van der Waals surface area contributed by atoms with Gasteiger partial charge in [0.25, 0.3) is 0 Å². The highest BCUT2D eigenvalue weighted by molar-refractivity contribution is 5.95. The number of nitrogens with zero attached hydrogens (tertiary/aromatic N) is 4. The number of carbonyl (C=O) groups is 1. The lowest BCUT2D eigenvalue weighted by atomic mass is 10.1. The van der Waals surface area contributed by atoms with Gasteiger partial charge < -0.3 is 9.88 Å². The lowest BCUT2D eigenvalue weighted by Gasteiger charge is -2.11. The van der Waals surface area contributed by atoms with Crippen LogP contribution in [-0.2, 0) is 24.8 Å². The van der Waals surface area contributed by atoms with Gasteiger partial charge in [0.05, 0.1) is 11.9 Å². The summed E-state index contributed by atoms with van der Waals surface area (Å²) in [6.07, 6.45) is 10.4. The van der Waals surface area contributed by atoms with E-state index < -0.39 is 0 Å². The van der Waals surface area contributed by atoms with Gasteiger partial charge in [0, 0.05) is 49.6 Å². The van der Waals surface area contributed by atoms with Gasteiger partial charge in [-0.15, -0.1) is 0 Å². The third-order valence-corrected chi connectivity index (χ3v) is 5.61. The summed E-state index contributed by atoms with van der Waals surface area (Å²) < 4.78 is 4.04. The van der Waals surface area contributed by atoms with Crippen LogP contribution in [0.3, 0.4) is 0 Å². The van der Waals surface area contributed by atoms with E-state index in [1.807, 2.05) is 37.6 Å². The first-order valence-corrected chi connectivity index (χ1v) is 9.63. The van der Waals surface area contributed by atoms with Gasteiger partial charge in [-0.2, -0.15) is 5.10 Å². The number of hydrogen-bond acceptors (Lipinski definition) is 3. The van der Waals surface area contributed by atoms with E-state index in [4.69, 9.17) is 4.98 Å². The zero-order valence-corrected chi connectivity index (χ0v) is 15.4. The Balaban J connectivity index is 1.30. The molecular formula is C21H23N5O. The second-order valence-corrected chi connectivity index (χ2v) is 7.66. The van der Waals surface area contributed by atoms with E-state index in [9.17, 15) is 4.79 Å². The highest BCUT2D eigenvalue weighted by atomic mass is 16.2. The van der Waals surface area contributed by atoms with Crippen LogP contribution >= 0.6 is 0 Å². The minimum Gasteiger partial charge on any atom is -0.334 e. The molecule has 2 aromatic heterocycles. The van der Waals surface area contributed by atoms with E-state index in [0.717, 1.165) is 41.9 Å². The van der Waals surface area contributed by atoms with Crippen LogP contribution in [0.1, 0.15) is 36.6 Å². The number of amides is 1. The molecule has 6 nitrogen and oxygen atoms in total. The fraction of sp³-hybridized carbons (Fsp3) is 0.381. The summed E-state index contributed by atoms with van der Waals surface area (Å²) in [6, 6.07) is 8.00. The number of anilines is 1. The summed E-state index contributed by atoms with van der Waals surface area (Å²) in [6.45, 7) is 1.05. The molecule has 1 saturated carbocycles. The zero-order valence-electron chi connectivity index (χ0n) is 15.4. The van der Waals surface area contributed by atoms with Crippen LogP contribution in [0.4, 0.5) is 5.69 Å². The van der Waals surface area contributed by atoms with Crippen molar-refractivity contribution >= 4 is 11.6 Å². The Hall–Kier alpha value is -2.89. The van der Waals surface area contributed by atoms with Crippen molar-refractivity contribution < 1.29 is 4.79 Å². The van der Waals surface area contributed by atoms with Crippen molar-refractivity contribution in [2.75, 3.05) is 5.32 Å².